The van der Waals surface area contributed by atoms with Crippen LogP contribution in [-0.2, 0) is 6.54 Å². The average Bonchev–Trinajstić information content (AvgIpc) is 2.16. The Balaban J connectivity index is 3.35. The Morgan fingerprint density at radius 2 is 2.29 bits per heavy atom. The van der Waals surface area contributed by atoms with Crippen molar-refractivity contribution in [2.24, 2.45) is 5.73 Å². The van der Waals surface area contributed by atoms with Gasteiger partial charge < -0.3 is 10.5 Å². The summed E-state index contributed by atoms with van der Waals surface area (Å²) in [7, 11) is 1.34. The minimum atomic E-state index is -2.60. The minimum absolute atomic E-state index is 0.132. The lowest BCUT2D eigenvalue weighted by Gasteiger charge is -2.12. The molecule has 0 unspecified atom stereocenters. The number of pyridine rings is 1. The minimum Gasteiger partial charge on any atom is -0.496 e. The van der Waals surface area contributed by atoms with Crippen LogP contribution in [0.5, 0.6) is 5.75 Å². The molecular weight excluding hydrogens is 305 g/mol. The standard InChI is InChI=1S/C8H9F2IN2O/c1-14-6-4(2-12)3-13-8(11)5(6)7(9)10/h3,7H,2,12H2,1H3. The molecule has 0 saturated heterocycles. The number of methoxy groups -OCH3 is 1. The SMILES string of the molecule is COc1c(CN)cnc(I)c1C(F)F. The van der Waals surface area contributed by atoms with Gasteiger partial charge in [0, 0.05) is 18.3 Å². The first-order valence-electron chi connectivity index (χ1n) is 3.81. The van der Waals surface area contributed by atoms with E-state index < -0.39 is 6.43 Å². The first kappa shape index (κ1) is 11.6. The zero-order valence-corrected chi connectivity index (χ0v) is 9.59. The van der Waals surface area contributed by atoms with E-state index in [1.807, 2.05) is 0 Å². The van der Waals surface area contributed by atoms with Gasteiger partial charge in [-0.1, -0.05) is 0 Å². The summed E-state index contributed by atoms with van der Waals surface area (Å²) in [5.74, 6) is 0.141. The summed E-state index contributed by atoms with van der Waals surface area (Å²) in [6.45, 7) is 0.132. The number of halogens is 3. The fourth-order valence-corrected chi connectivity index (χ4v) is 1.72. The molecule has 6 heteroatoms. The van der Waals surface area contributed by atoms with Crippen molar-refractivity contribution >= 4 is 22.6 Å². The van der Waals surface area contributed by atoms with Crippen molar-refractivity contribution < 1.29 is 13.5 Å². The molecule has 1 aromatic heterocycles. The predicted octanol–water partition coefficient (Wildman–Crippen LogP) is 2.09. The van der Waals surface area contributed by atoms with Crippen LogP contribution < -0.4 is 10.5 Å². The smallest absolute Gasteiger partial charge is 0.269 e. The maximum atomic E-state index is 12.6. The molecule has 0 aliphatic heterocycles. The third-order valence-electron chi connectivity index (χ3n) is 1.73. The van der Waals surface area contributed by atoms with E-state index >= 15 is 0 Å². The molecule has 2 N–H and O–H groups in total. The molecular formula is C8H9F2IN2O. The summed E-state index contributed by atoms with van der Waals surface area (Å²) in [5, 5.41) is 0. The summed E-state index contributed by atoms with van der Waals surface area (Å²) >= 11 is 1.75. The molecule has 3 nitrogen and oxygen atoms in total. The van der Waals surface area contributed by atoms with Crippen LogP contribution in [0, 0.1) is 3.70 Å². The van der Waals surface area contributed by atoms with Crippen LogP contribution in [0.2, 0.25) is 0 Å². The summed E-state index contributed by atoms with van der Waals surface area (Å²) < 4.78 is 30.4. The van der Waals surface area contributed by atoms with Crippen molar-refractivity contribution in [3.63, 3.8) is 0 Å². The molecule has 14 heavy (non-hydrogen) atoms. The molecule has 0 spiro atoms. The molecule has 1 rings (SSSR count). The van der Waals surface area contributed by atoms with Crippen molar-refractivity contribution in [1.82, 2.24) is 4.98 Å². The van der Waals surface area contributed by atoms with Crippen molar-refractivity contribution in [2.75, 3.05) is 7.11 Å². The second-order valence-corrected chi connectivity index (χ2v) is 3.55. The number of nitrogens with two attached hydrogens (primary N) is 1. The van der Waals surface area contributed by atoms with E-state index in [9.17, 15) is 8.78 Å². The van der Waals surface area contributed by atoms with Crippen LogP contribution >= 0.6 is 22.6 Å². The number of hydrogen-bond acceptors (Lipinski definition) is 3. The van der Waals surface area contributed by atoms with Crippen molar-refractivity contribution in [3.8, 4) is 5.75 Å². The lowest BCUT2D eigenvalue weighted by Crippen LogP contribution is -2.06. The topological polar surface area (TPSA) is 48.1 Å². The summed E-state index contributed by atoms with van der Waals surface area (Å²) in [6.07, 6.45) is -1.15. The van der Waals surface area contributed by atoms with E-state index in [0.717, 1.165) is 0 Å². The zero-order chi connectivity index (χ0) is 10.7. The number of alkyl halides is 2. The number of rotatable bonds is 3. The molecule has 0 radical (unpaired) electrons. The largest absolute Gasteiger partial charge is 0.496 e. The maximum Gasteiger partial charge on any atom is 0.269 e. The number of ether oxygens (including phenoxy) is 1. The zero-order valence-electron chi connectivity index (χ0n) is 7.43. The Bertz CT molecular complexity index is 333. The Morgan fingerprint density at radius 3 is 2.71 bits per heavy atom. The van der Waals surface area contributed by atoms with E-state index in [1.165, 1.54) is 13.3 Å². The summed E-state index contributed by atoms with van der Waals surface area (Å²) in [6, 6.07) is 0. The van der Waals surface area contributed by atoms with Gasteiger partial charge in [-0.15, -0.1) is 0 Å². The van der Waals surface area contributed by atoms with Gasteiger partial charge in [0.15, 0.2) is 0 Å². The quantitative estimate of drug-likeness (QED) is 0.686. The van der Waals surface area contributed by atoms with Crippen LogP contribution in [-0.4, -0.2) is 12.1 Å². The normalized spacial score (nSPS) is 10.7. The monoisotopic (exact) mass is 314 g/mol. The number of aromatic nitrogens is 1. The highest BCUT2D eigenvalue weighted by Gasteiger charge is 2.21. The highest BCUT2D eigenvalue weighted by molar-refractivity contribution is 14.1. The molecule has 0 fully saturated rings. The first-order valence-corrected chi connectivity index (χ1v) is 4.89. The molecule has 0 bridgehead atoms. The van der Waals surface area contributed by atoms with Gasteiger partial charge in [0.05, 0.1) is 12.7 Å². The third-order valence-corrected chi connectivity index (χ3v) is 2.59. The summed E-state index contributed by atoms with van der Waals surface area (Å²) in [4.78, 5) is 3.83. The van der Waals surface area contributed by atoms with Gasteiger partial charge in [-0.2, -0.15) is 0 Å². The van der Waals surface area contributed by atoms with E-state index in [1.54, 1.807) is 22.6 Å². The van der Waals surface area contributed by atoms with Gasteiger partial charge >= 0.3 is 0 Å². The molecule has 0 saturated carbocycles. The second-order valence-electron chi connectivity index (χ2n) is 2.53. The Kier molecular flexibility index (Phi) is 3.99. The number of nitrogens with zero attached hydrogens (tertiary/aromatic N) is 1. The molecule has 78 valence electrons. The van der Waals surface area contributed by atoms with Gasteiger partial charge in [0.1, 0.15) is 9.45 Å². The lowest BCUT2D eigenvalue weighted by molar-refractivity contribution is 0.145. The molecule has 0 aliphatic carbocycles. The second kappa shape index (κ2) is 4.83. The van der Waals surface area contributed by atoms with E-state index in [0.29, 0.717) is 5.56 Å². The molecule has 0 amide bonds. The average molecular weight is 314 g/mol. The molecule has 0 aromatic carbocycles. The molecule has 0 aliphatic rings. The van der Waals surface area contributed by atoms with Crippen LogP contribution in [0.1, 0.15) is 17.6 Å². The molecule has 1 aromatic rings. The number of hydrogen-bond donors (Lipinski definition) is 1. The van der Waals surface area contributed by atoms with Gasteiger partial charge in [0.25, 0.3) is 6.43 Å². The molecule has 1 heterocycles. The van der Waals surface area contributed by atoms with Crippen molar-refractivity contribution in [1.29, 1.82) is 0 Å². The fourth-order valence-electron chi connectivity index (χ4n) is 1.11. The van der Waals surface area contributed by atoms with E-state index in [2.05, 4.69) is 4.98 Å². The van der Waals surface area contributed by atoms with Crippen molar-refractivity contribution in [2.45, 2.75) is 13.0 Å². The van der Waals surface area contributed by atoms with Crippen LogP contribution in [0.25, 0.3) is 0 Å². The highest BCUT2D eigenvalue weighted by atomic mass is 127. The first-order chi connectivity index (χ1) is 6.61. The van der Waals surface area contributed by atoms with Crippen LogP contribution in [0.15, 0.2) is 6.20 Å². The Labute approximate surface area is 93.8 Å². The predicted molar refractivity (Wildman–Crippen MR) is 56.4 cm³/mol. The van der Waals surface area contributed by atoms with Crippen LogP contribution in [0.4, 0.5) is 8.78 Å². The van der Waals surface area contributed by atoms with Gasteiger partial charge in [-0.05, 0) is 22.6 Å². The van der Waals surface area contributed by atoms with Crippen molar-refractivity contribution in [3.05, 3.63) is 21.0 Å². The Hall–Kier alpha value is -0.500. The third kappa shape index (κ3) is 2.11. The lowest BCUT2D eigenvalue weighted by atomic mass is 10.2. The van der Waals surface area contributed by atoms with E-state index in [-0.39, 0.29) is 21.6 Å². The van der Waals surface area contributed by atoms with Crippen LogP contribution in [0.3, 0.4) is 0 Å². The summed E-state index contributed by atoms with van der Waals surface area (Å²) in [5.41, 5.74) is 5.68. The maximum absolute atomic E-state index is 12.6. The van der Waals surface area contributed by atoms with Gasteiger partial charge in [0.2, 0.25) is 0 Å². The Morgan fingerprint density at radius 1 is 1.64 bits per heavy atom. The van der Waals surface area contributed by atoms with E-state index in [4.69, 9.17) is 10.5 Å². The highest BCUT2D eigenvalue weighted by Crippen LogP contribution is 2.34. The van der Waals surface area contributed by atoms with Gasteiger partial charge in [-0.25, -0.2) is 13.8 Å². The molecule has 0 atom stereocenters. The van der Waals surface area contributed by atoms with Gasteiger partial charge in [-0.3, -0.25) is 0 Å². The fraction of sp³-hybridized carbons (Fsp3) is 0.375.